The summed E-state index contributed by atoms with van der Waals surface area (Å²) in [5, 5.41) is 15.3. The average molecular weight is 499 g/mol. The van der Waals surface area contributed by atoms with Crippen LogP contribution in [-0.2, 0) is 21.6 Å². The van der Waals surface area contributed by atoms with Crippen molar-refractivity contribution in [3.8, 4) is 0 Å². The van der Waals surface area contributed by atoms with E-state index in [4.69, 9.17) is 0 Å². The number of hydrogen-bond acceptors (Lipinski definition) is 5. The topological polar surface area (TPSA) is 73.5 Å². The maximum Gasteiger partial charge on any atom is 0.234 e. The van der Waals surface area contributed by atoms with Gasteiger partial charge in [0.2, 0.25) is 22.7 Å². The SMILES string of the molecule is CCN1CCC2(O)c3c(cc4c(cc(C5CCC(=O)NC5=O)c(C)[n+]4C4CS4)c3F)CC2(CC)C1. The van der Waals surface area contributed by atoms with Crippen LogP contribution in [0.3, 0.4) is 0 Å². The Hall–Kier alpha value is -2.03. The van der Waals surface area contributed by atoms with Crippen LogP contribution in [0.2, 0.25) is 0 Å². The lowest BCUT2D eigenvalue weighted by molar-refractivity contribution is -0.669. The molecule has 1 aliphatic carbocycles. The van der Waals surface area contributed by atoms with Crippen LogP contribution in [0, 0.1) is 18.2 Å². The first-order chi connectivity index (χ1) is 16.7. The van der Waals surface area contributed by atoms with Gasteiger partial charge < -0.3 is 10.0 Å². The molecular weight excluding hydrogens is 465 g/mol. The third-order valence-electron chi connectivity index (χ3n) is 9.18. The van der Waals surface area contributed by atoms with Gasteiger partial charge in [-0.15, -0.1) is 0 Å². The van der Waals surface area contributed by atoms with E-state index in [1.165, 1.54) is 0 Å². The Labute approximate surface area is 209 Å². The third kappa shape index (κ3) is 3.25. The quantitative estimate of drug-likeness (QED) is 0.385. The Kier molecular flexibility index (Phi) is 5.33. The number of nitrogens with zero attached hydrogens (tertiary/aromatic N) is 2. The number of hydrogen-bond donors (Lipinski definition) is 2. The molecule has 2 aromatic rings. The first-order valence-corrected chi connectivity index (χ1v) is 13.9. The Bertz CT molecular complexity index is 1280. The van der Waals surface area contributed by atoms with E-state index in [9.17, 15) is 14.7 Å². The maximum absolute atomic E-state index is 16.6. The lowest BCUT2D eigenvalue weighted by atomic mass is 9.66. The number of carbonyl (C=O) groups is 2. The molecule has 3 saturated heterocycles. The van der Waals surface area contributed by atoms with Crippen molar-refractivity contribution in [3.05, 3.63) is 40.3 Å². The summed E-state index contributed by atoms with van der Waals surface area (Å²) in [6.45, 7) is 8.69. The van der Waals surface area contributed by atoms with Crippen LogP contribution in [0.1, 0.15) is 73.2 Å². The number of imide groups is 1. The predicted octanol–water partition coefficient (Wildman–Crippen LogP) is 3.21. The zero-order chi connectivity index (χ0) is 24.7. The molecule has 8 heteroatoms. The van der Waals surface area contributed by atoms with Gasteiger partial charge in [-0.1, -0.05) is 25.6 Å². The summed E-state index contributed by atoms with van der Waals surface area (Å²) in [7, 11) is 0. The zero-order valence-electron chi connectivity index (χ0n) is 20.6. The molecule has 1 aromatic carbocycles. The molecule has 4 atom stereocenters. The zero-order valence-corrected chi connectivity index (χ0v) is 21.4. The molecule has 3 aliphatic heterocycles. The van der Waals surface area contributed by atoms with Gasteiger partial charge in [-0.25, -0.2) is 4.39 Å². The van der Waals surface area contributed by atoms with E-state index in [-0.39, 0.29) is 29.4 Å². The number of rotatable bonds is 4. The highest BCUT2D eigenvalue weighted by Gasteiger charge is 2.60. The Balaban J connectivity index is 1.57. The van der Waals surface area contributed by atoms with Crippen molar-refractivity contribution < 1.29 is 23.7 Å². The van der Waals surface area contributed by atoms with Gasteiger partial charge in [-0.05, 0) is 43.9 Å². The summed E-state index contributed by atoms with van der Waals surface area (Å²) in [5.41, 5.74) is 2.37. The van der Waals surface area contributed by atoms with Crippen molar-refractivity contribution in [2.75, 3.05) is 25.4 Å². The Morgan fingerprint density at radius 2 is 2.09 bits per heavy atom. The lowest BCUT2D eigenvalue weighted by Gasteiger charge is -2.50. The number of carbonyl (C=O) groups excluding carboxylic acids is 2. The number of halogens is 1. The minimum atomic E-state index is -1.19. The molecule has 0 spiro atoms. The fourth-order valence-electron chi connectivity index (χ4n) is 7.09. The van der Waals surface area contributed by atoms with Gasteiger partial charge >= 0.3 is 0 Å². The second kappa shape index (κ2) is 7.98. The smallest absolute Gasteiger partial charge is 0.234 e. The summed E-state index contributed by atoms with van der Waals surface area (Å²) in [6.07, 6.45) is 2.69. The van der Waals surface area contributed by atoms with Gasteiger partial charge in [0, 0.05) is 49.0 Å². The van der Waals surface area contributed by atoms with E-state index in [1.807, 2.05) is 13.0 Å². The molecule has 2 N–H and O–H groups in total. The molecule has 0 saturated carbocycles. The highest BCUT2D eigenvalue weighted by Crippen LogP contribution is 2.58. The highest BCUT2D eigenvalue weighted by molar-refractivity contribution is 8.05. The van der Waals surface area contributed by atoms with Crippen LogP contribution in [-0.4, -0.2) is 47.2 Å². The number of aromatic nitrogens is 1. The van der Waals surface area contributed by atoms with Crippen molar-refractivity contribution in [2.45, 2.75) is 69.8 Å². The summed E-state index contributed by atoms with van der Waals surface area (Å²) in [4.78, 5) is 26.9. The fraction of sp³-hybridized carbons (Fsp3) is 0.593. The van der Waals surface area contributed by atoms with Gasteiger partial charge in [-0.3, -0.25) is 14.9 Å². The van der Waals surface area contributed by atoms with E-state index in [1.54, 1.807) is 11.8 Å². The van der Waals surface area contributed by atoms with Gasteiger partial charge in [0.05, 0.1) is 17.1 Å². The van der Waals surface area contributed by atoms with Gasteiger partial charge in [0.15, 0.2) is 5.69 Å². The second-order valence-electron chi connectivity index (χ2n) is 10.8. The normalized spacial score (nSPS) is 32.5. The van der Waals surface area contributed by atoms with Gasteiger partial charge in [0.25, 0.3) is 0 Å². The lowest BCUT2D eigenvalue weighted by Crippen LogP contribution is -2.56. The number of thioether (sulfide) groups is 1. The number of fused-ring (bicyclic) bond motifs is 4. The number of pyridine rings is 1. The molecular formula is C27H33FN3O3S+. The van der Waals surface area contributed by atoms with Crippen molar-refractivity contribution in [2.24, 2.45) is 5.41 Å². The molecule has 4 heterocycles. The summed E-state index contributed by atoms with van der Waals surface area (Å²) >= 11 is 1.80. The van der Waals surface area contributed by atoms with Crippen LogP contribution in [0.4, 0.5) is 4.39 Å². The van der Waals surface area contributed by atoms with Crippen LogP contribution >= 0.6 is 11.8 Å². The van der Waals surface area contributed by atoms with Gasteiger partial charge in [-0.2, -0.15) is 4.57 Å². The number of aliphatic hydroxyl groups is 1. The monoisotopic (exact) mass is 498 g/mol. The van der Waals surface area contributed by atoms with E-state index < -0.39 is 16.9 Å². The molecule has 6 nitrogen and oxygen atoms in total. The molecule has 35 heavy (non-hydrogen) atoms. The standard InChI is InChI=1S/C27H32FN3O3S/c1-4-26-12-16-10-20-19(24(28)23(16)27(26,34)8-9-30(5-2)14-26)11-18(15(3)31(20)22-13-35-22)17-6-7-21(32)29-25(17)33/h10-11,17,22,34H,4-9,12-14H2,1-3H3/p+1. The molecule has 186 valence electrons. The largest absolute Gasteiger partial charge is 0.384 e. The van der Waals surface area contributed by atoms with E-state index in [2.05, 4.69) is 34.7 Å². The number of nitrogens with one attached hydrogen (secondary N) is 1. The molecule has 0 bridgehead atoms. The van der Waals surface area contributed by atoms with Crippen molar-refractivity contribution in [1.82, 2.24) is 10.2 Å². The van der Waals surface area contributed by atoms with Crippen LogP contribution < -0.4 is 9.88 Å². The molecule has 6 rings (SSSR count). The Morgan fingerprint density at radius 3 is 2.74 bits per heavy atom. The maximum atomic E-state index is 16.6. The molecule has 4 aliphatic rings. The first kappa shape index (κ1) is 23.4. The van der Waals surface area contributed by atoms with E-state index >= 15 is 4.39 Å². The van der Waals surface area contributed by atoms with Crippen molar-refractivity contribution >= 4 is 34.5 Å². The van der Waals surface area contributed by atoms with Crippen LogP contribution in [0.25, 0.3) is 10.9 Å². The van der Waals surface area contributed by atoms with Crippen molar-refractivity contribution in [1.29, 1.82) is 0 Å². The molecule has 0 radical (unpaired) electrons. The second-order valence-corrected chi connectivity index (χ2v) is 12.0. The summed E-state index contributed by atoms with van der Waals surface area (Å²) in [6, 6.07) is 3.93. The molecule has 3 fully saturated rings. The van der Waals surface area contributed by atoms with E-state index in [0.717, 1.165) is 54.1 Å². The first-order valence-electron chi connectivity index (χ1n) is 12.8. The number of piperidine rings is 2. The van der Waals surface area contributed by atoms with Crippen molar-refractivity contribution in [3.63, 3.8) is 0 Å². The summed E-state index contributed by atoms with van der Waals surface area (Å²) in [5.74, 6) is -0.433. The molecule has 2 amide bonds. The minimum absolute atomic E-state index is 0.214. The molecule has 4 unspecified atom stereocenters. The van der Waals surface area contributed by atoms with Gasteiger partial charge in [0.1, 0.15) is 11.4 Å². The average Bonchev–Trinajstić information content (AvgIpc) is 3.62. The predicted molar refractivity (Wildman–Crippen MR) is 133 cm³/mol. The number of benzene rings is 1. The third-order valence-corrected chi connectivity index (χ3v) is 10.0. The highest BCUT2D eigenvalue weighted by atomic mass is 32.2. The molecule has 1 aromatic heterocycles. The minimum Gasteiger partial charge on any atom is -0.384 e. The van der Waals surface area contributed by atoms with Crippen LogP contribution in [0.15, 0.2) is 12.1 Å². The summed E-state index contributed by atoms with van der Waals surface area (Å²) < 4.78 is 18.8. The van der Waals surface area contributed by atoms with Crippen LogP contribution in [0.5, 0.6) is 0 Å². The fourth-order valence-corrected chi connectivity index (χ4v) is 7.75. The number of amides is 2. The Morgan fingerprint density at radius 1 is 1.31 bits per heavy atom. The van der Waals surface area contributed by atoms with E-state index in [0.29, 0.717) is 30.2 Å². The number of likely N-dealkylation sites (tertiary alicyclic amines) is 1.